The van der Waals surface area contributed by atoms with E-state index in [4.69, 9.17) is 10.6 Å². The molecule has 3 N–H and O–H groups in total. The third-order valence-corrected chi connectivity index (χ3v) is 2.92. The number of amides is 1. The number of nitrogens with two attached hydrogens (primary N) is 1. The molecule has 1 unspecified atom stereocenters. The summed E-state index contributed by atoms with van der Waals surface area (Å²) in [7, 11) is 0. The Morgan fingerprint density at radius 2 is 2.12 bits per heavy atom. The first-order chi connectivity index (χ1) is 8.11. The maximum Gasteiger partial charge on any atom is 0.233 e. The molecule has 1 amide bonds. The van der Waals surface area contributed by atoms with E-state index in [1.807, 2.05) is 31.2 Å². The van der Waals surface area contributed by atoms with Gasteiger partial charge in [0.15, 0.2) is 0 Å². The molecule has 0 aromatic heterocycles. The summed E-state index contributed by atoms with van der Waals surface area (Å²) in [5.74, 6) is 4.83. The third kappa shape index (κ3) is 5.81. The SMILES string of the molecule is CC(CCC(=O)NN)OCc1ccc(Br)cc1. The number of hydrogen-bond donors (Lipinski definition) is 2. The summed E-state index contributed by atoms with van der Waals surface area (Å²) in [5.41, 5.74) is 3.21. The van der Waals surface area contributed by atoms with Crippen LogP contribution in [0.25, 0.3) is 0 Å². The van der Waals surface area contributed by atoms with Crippen molar-refractivity contribution in [2.75, 3.05) is 0 Å². The van der Waals surface area contributed by atoms with Gasteiger partial charge in [-0.1, -0.05) is 28.1 Å². The second-order valence-corrected chi connectivity index (χ2v) is 4.77. The maximum absolute atomic E-state index is 10.9. The molecule has 0 aliphatic rings. The lowest BCUT2D eigenvalue weighted by Crippen LogP contribution is -2.30. The van der Waals surface area contributed by atoms with Gasteiger partial charge in [-0.2, -0.15) is 0 Å². The third-order valence-electron chi connectivity index (χ3n) is 2.39. The Morgan fingerprint density at radius 3 is 2.71 bits per heavy atom. The number of hydrogen-bond acceptors (Lipinski definition) is 3. The zero-order valence-corrected chi connectivity index (χ0v) is 11.4. The average Bonchev–Trinajstić information content (AvgIpc) is 2.35. The molecule has 1 rings (SSSR count). The lowest BCUT2D eigenvalue weighted by atomic mass is 10.2. The van der Waals surface area contributed by atoms with Crippen LogP contribution in [0.5, 0.6) is 0 Å². The van der Waals surface area contributed by atoms with E-state index in [0.29, 0.717) is 19.4 Å². The van der Waals surface area contributed by atoms with Crippen LogP contribution in [0, 0.1) is 0 Å². The minimum Gasteiger partial charge on any atom is -0.374 e. The van der Waals surface area contributed by atoms with Gasteiger partial charge in [-0.25, -0.2) is 5.84 Å². The van der Waals surface area contributed by atoms with Gasteiger partial charge in [0, 0.05) is 10.9 Å². The summed E-state index contributed by atoms with van der Waals surface area (Å²) in [6.07, 6.45) is 1.09. The van der Waals surface area contributed by atoms with Crippen molar-refractivity contribution in [1.29, 1.82) is 0 Å². The number of nitrogens with one attached hydrogen (secondary N) is 1. The van der Waals surface area contributed by atoms with Crippen LogP contribution in [0.15, 0.2) is 28.7 Å². The second-order valence-electron chi connectivity index (χ2n) is 3.85. The maximum atomic E-state index is 10.9. The summed E-state index contributed by atoms with van der Waals surface area (Å²) in [6, 6.07) is 7.96. The van der Waals surface area contributed by atoms with E-state index in [1.165, 1.54) is 0 Å². The Kier molecular flexibility index (Phi) is 6.18. The molecule has 0 spiro atoms. The van der Waals surface area contributed by atoms with E-state index in [2.05, 4.69) is 21.4 Å². The highest BCUT2D eigenvalue weighted by Crippen LogP contribution is 2.12. The molecule has 1 aromatic carbocycles. The van der Waals surface area contributed by atoms with E-state index in [1.54, 1.807) is 0 Å². The molecular weight excluding hydrogens is 284 g/mol. The molecule has 0 fully saturated rings. The predicted molar refractivity (Wildman–Crippen MR) is 70.0 cm³/mol. The van der Waals surface area contributed by atoms with Crippen molar-refractivity contribution < 1.29 is 9.53 Å². The van der Waals surface area contributed by atoms with Crippen molar-refractivity contribution in [1.82, 2.24) is 5.43 Å². The van der Waals surface area contributed by atoms with Crippen LogP contribution in [-0.4, -0.2) is 12.0 Å². The lowest BCUT2D eigenvalue weighted by Gasteiger charge is -2.12. The number of carbonyl (C=O) groups excluding carboxylic acids is 1. The van der Waals surface area contributed by atoms with Crippen molar-refractivity contribution in [3.05, 3.63) is 34.3 Å². The molecule has 0 heterocycles. The van der Waals surface area contributed by atoms with Crippen LogP contribution in [-0.2, 0) is 16.1 Å². The molecule has 5 heteroatoms. The van der Waals surface area contributed by atoms with Crippen LogP contribution in [0.1, 0.15) is 25.3 Å². The first kappa shape index (κ1) is 14.2. The highest BCUT2D eigenvalue weighted by atomic mass is 79.9. The first-order valence-corrected chi connectivity index (χ1v) is 6.26. The molecule has 17 heavy (non-hydrogen) atoms. The number of carbonyl (C=O) groups is 1. The van der Waals surface area contributed by atoms with E-state index >= 15 is 0 Å². The van der Waals surface area contributed by atoms with Crippen molar-refractivity contribution >= 4 is 21.8 Å². The predicted octanol–water partition coefficient (Wildman–Crippen LogP) is 2.12. The second kappa shape index (κ2) is 7.42. The fourth-order valence-electron chi connectivity index (χ4n) is 1.31. The Bertz CT molecular complexity index is 354. The number of rotatable bonds is 6. The molecule has 1 atom stereocenters. The highest BCUT2D eigenvalue weighted by molar-refractivity contribution is 9.10. The van der Waals surface area contributed by atoms with Crippen LogP contribution in [0.2, 0.25) is 0 Å². The van der Waals surface area contributed by atoms with Gasteiger partial charge in [-0.15, -0.1) is 0 Å². The van der Waals surface area contributed by atoms with Gasteiger partial charge in [0.1, 0.15) is 0 Å². The molecule has 0 bridgehead atoms. The molecule has 0 saturated carbocycles. The Morgan fingerprint density at radius 1 is 1.47 bits per heavy atom. The average molecular weight is 301 g/mol. The van der Waals surface area contributed by atoms with E-state index in [9.17, 15) is 4.79 Å². The Labute approximate surface area is 110 Å². The number of hydrazine groups is 1. The van der Waals surface area contributed by atoms with Gasteiger partial charge in [-0.05, 0) is 31.0 Å². The summed E-state index contributed by atoms with van der Waals surface area (Å²) < 4.78 is 6.68. The van der Waals surface area contributed by atoms with Crippen LogP contribution in [0.4, 0.5) is 0 Å². The monoisotopic (exact) mass is 300 g/mol. The fourth-order valence-corrected chi connectivity index (χ4v) is 1.57. The summed E-state index contributed by atoms with van der Waals surface area (Å²) in [5, 5.41) is 0. The van der Waals surface area contributed by atoms with Crippen LogP contribution >= 0.6 is 15.9 Å². The molecule has 0 aliphatic carbocycles. The van der Waals surface area contributed by atoms with Crippen molar-refractivity contribution in [3.8, 4) is 0 Å². The fraction of sp³-hybridized carbons (Fsp3) is 0.417. The first-order valence-electron chi connectivity index (χ1n) is 5.47. The van der Waals surface area contributed by atoms with Crippen molar-refractivity contribution in [2.45, 2.75) is 32.5 Å². The van der Waals surface area contributed by atoms with Gasteiger partial charge in [0.2, 0.25) is 5.91 Å². The van der Waals surface area contributed by atoms with Gasteiger partial charge >= 0.3 is 0 Å². The minimum absolute atomic E-state index is 0.0379. The molecular formula is C12H17BrN2O2. The summed E-state index contributed by atoms with van der Waals surface area (Å²) >= 11 is 3.38. The Hall–Kier alpha value is -0.910. The molecule has 4 nitrogen and oxygen atoms in total. The Balaban J connectivity index is 2.25. The van der Waals surface area contributed by atoms with Crippen molar-refractivity contribution in [2.24, 2.45) is 5.84 Å². The van der Waals surface area contributed by atoms with Gasteiger partial charge in [0.05, 0.1) is 12.7 Å². The number of ether oxygens (including phenoxy) is 1. The minimum atomic E-state index is -0.163. The number of benzene rings is 1. The summed E-state index contributed by atoms with van der Waals surface area (Å²) in [6.45, 7) is 2.50. The molecule has 0 radical (unpaired) electrons. The standard InChI is InChI=1S/C12H17BrN2O2/c1-9(2-7-12(16)15-14)17-8-10-3-5-11(13)6-4-10/h3-6,9H,2,7-8,14H2,1H3,(H,15,16). The molecule has 0 aliphatic heterocycles. The topological polar surface area (TPSA) is 64.4 Å². The number of halogens is 1. The normalized spacial score (nSPS) is 12.2. The quantitative estimate of drug-likeness (QED) is 0.480. The largest absolute Gasteiger partial charge is 0.374 e. The summed E-state index contributed by atoms with van der Waals surface area (Å²) in [4.78, 5) is 10.9. The van der Waals surface area contributed by atoms with Gasteiger partial charge in [0.25, 0.3) is 0 Å². The van der Waals surface area contributed by atoms with Crippen LogP contribution < -0.4 is 11.3 Å². The van der Waals surface area contributed by atoms with E-state index < -0.39 is 0 Å². The molecule has 94 valence electrons. The zero-order chi connectivity index (χ0) is 12.7. The molecule has 0 saturated heterocycles. The smallest absolute Gasteiger partial charge is 0.233 e. The van der Waals surface area contributed by atoms with Gasteiger partial charge in [-0.3, -0.25) is 10.2 Å². The van der Waals surface area contributed by atoms with E-state index in [0.717, 1.165) is 10.0 Å². The van der Waals surface area contributed by atoms with Crippen molar-refractivity contribution in [3.63, 3.8) is 0 Å². The van der Waals surface area contributed by atoms with Crippen LogP contribution in [0.3, 0.4) is 0 Å². The molecule has 1 aromatic rings. The van der Waals surface area contributed by atoms with Gasteiger partial charge < -0.3 is 4.74 Å². The highest BCUT2D eigenvalue weighted by Gasteiger charge is 2.06. The van der Waals surface area contributed by atoms with E-state index in [-0.39, 0.29) is 12.0 Å². The zero-order valence-electron chi connectivity index (χ0n) is 9.78. The lowest BCUT2D eigenvalue weighted by molar-refractivity contribution is -0.121.